The van der Waals surface area contributed by atoms with Crippen molar-refractivity contribution in [2.45, 2.75) is 31.5 Å². The molecule has 0 fully saturated rings. The van der Waals surface area contributed by atoms with Crippen LogP contribution in [0.5, 0.6) is 0 Å². The van der Waals surface area contributed by atoms with Gasteiger partial charge in [0, 0.05) is 18.0 Å². The Morgan fingerprint density at radius 2 is 2.06 bits per heavy atom. The lowest BCUT2D eigenvalue weighted by atomic mass is 10.0. The van der Waals surface area contributed by atoms with E-state index in [0.717, 1.165) is 5.56 Å². The van der Waals surface area contributed by atoms with Crippen LogP contribution in [0.3, 0.4) is 0 Å². The highest BCUT2D eigenvalue weighted by atomic mass is 35.5. The summed E-state index contributed by atoms with van der Waals surface area (Å²) in [6, 6.07) is 1.51. The number of hydrogen-bond acceptors (Lipinski definition) is 2. The second kappa shape index (κ2) is 6.27. The monoisotopic (exact) mass is 305 g/mol. The maximum absolute atomic E-state index is 12.0. The van der Waals surface area contributed by atoms with Gasteiger partial charge in [-0.15, -0.1) is 11.3 Å². The summed E-state index contributed by atoms with van der Waals surface area (Å²) in [5.41, 5.74) is 0.770. The molecule has 1 heterocycles. The van der Waals surface area contributed by atoms with E-state index < -0.39 is 12.6 Å². The zero-order valence-corrected chi connectivity index (χ0v) is 11.4. The highest BCUT2D eigenvalue weighted by molar-refractivity contribution is 7.20. The van der Waals surface area contributed by atoms with E-state index in [1.165, 1.54) is 11.3 Å². The fraction of sp³-hybridized carbons (Fsp3) is 0.600. The molecule has 1 unspecified atom stereocenters. The molecule has 0 amide bonds. The molecule has 98 valence electrons. The number of alkyl halides is 3. The summed E-state index contributed by atoms with van der Waals surface area (Å²) in [4.78, 5) is 0. The molecule has 0 saturated carbocycles. The predicted molar refractivity (Wildman–Crippen MR) is 66.0 cm³/mol. The van der Waals surface area contributed by atoms with Crippen molar-refractivity contribution in [3.05, 3.63) is 20.3 Å². The molecule has 1 atom stereocenters. The Morgan fingerprint density at radius 1 is 1.41 bits per heavy atom. The second-order valence-electron chi connectivity index (χ2n) is 3.63. The molecule has 0 saturated heterocycles. The van der Waals surface area contributed by atoms with Gasteiger partial charge in [-0.1, -0.05) is 23.2 Å². The average molecular weight is 306 g/mol. The van der Waals surface area contributed by atoms with E-state index in [2.05, 4.69) is 5.32 Å². The van der Waals surface area contributed by atoms with Crippen LogP contribution < -0.4 is 5.32 Å². The lowest BCUT2D eigenvalue weighted by molar-refractivity contribution is -0.135. The summed E-state index contributed by atoms with van der Waals surface area (Å²) in [7, 11) is 1.69. The van der Waals surface area contributed by atoms with Gasteiger partial charge in [0.1, 0.15) is 0 Å². The fourth-order valence-electron chi connectivity index (χ4n) is 1.55. The molecule has 0 aromatic carbocycles. The molecule has 0 aliphatic heterocycles. The first-order valence-corrected chi connectivity index (χ1v) is 6.59. The third-order valence-electron chi connectivity index (χ3n) is 2.36. The van der Waals surface area contributed by atoms with Gasteiger partial charge >= 0.3 is 6.18 Å². The van der Waals surface area contributed by atoms with Gasteiger partial charge in [0.2, 0.25) is 0 Å². The van der Waals surface area contributed by atoms with Gasteiger partial charge in [0.05, 0.1) is 8.67 Å². The Labute approximate surface area is 112 Å². The zero-order valence-electron chi connectivity index (χ0n) is 9.07. The Bertz CT molecular complexity index is 365. The third kappa shape index (κ3) is 5.04. The molecule has 0 radical (unpaired) electrons. The minimum absolute atomic E-state index is 0.0683. The van der Waals surface area contributed by atoms with Crippen LogP contribution in [-0.4, -0.2) is 13.2 Å². The summed E-state index contributed by atoms with van der Waals surface area (Å²) in [6.45, 7) is 0. The molecule has 1 aromatic rings. The molecule has 7 heteroatoms. The van der Waals surface area contributed by atoms with Crippen molar-refractivity contribution in [3.63, 3.8) is 0 Å². The van der Waals surface area contributed by atoms with E-state index in [-0.39, 0.29) is 12.5 Å². The average Bonchev–Trinajstić information content (AvgIpc) is 2.51. The highest BCUT2D eigenvalue weighted by Crippen LogP contribution is 2.37. The normalized spacial score (nSPS) is 14.0. The lowest BCUT2D eigenvalue weighted by Gasteiger charge is -2.16. The first-order valence-electron chi connectivity index (χ1n) is 5.02. The summed E-state index contributed by atoms with van der Waals surface area (Å²) >= 11 is 13.0. The summed E-state index contributed by atoms with van der Waals surface area (Å²) in [6.07, 6.45) is -4.43. The molecule has 0 spiro atoms. The van der Waals surface area contributed by atoms with Gasteiger partial charge in [-0.25, -0.2) is 0 Å². The second-order valence-corrected chi connectivity index (χ2v) is 5.91. The number of thiophene rings is 1. The van der Waals surface area contributed by atoms with E-state index in [4.69, 9.17) is 23.2 Å². The standard InChI is InChI=1S/C10H12Cl2F3NS/c1-16-7(3-2-4-10(13,14)15)6-5-8(11)17-9(6)12/h5,7,16H,2-4H2,1H3. The number of nitrogens with one attached hydrogen (secondary N) is 1. The first-order chi connectivity index (χ1) is 7.83. The number of halogens is 5. The van der Waals surface area contributed by atoms with Crippen molar-refractivity contribution in [2.75, 3.05) is 7.05 Å². The maximum atomic E-state index is 12.0. The van der Waals surface area contributed by atoms with Crippen LogP contribution in [0.1, 0.15) is 30.9 Å². The highest BCUT2D eigenvalue weighted by Gasteiger charge is 2.27. The van der Waals surface area contributed by atoms with E-state index in [0.29, 0.717) is 15.1 Å². The van der Waals surface area contributed by atoms with Crippen LogP contribution in [0, 0.1) is 0 Å². The minimum atomic E-state index is -4.10. The summed E-state index contributed by atoms with van der Waals surface area (Å²) in [5.74, 6) is 0. The van der Waals surface area contributed by atoms with Crippen LogP contribution in [0.15, 0.2) is 6.07 Å². The zero-order chi connectivity index (χ0) is 13.1. The molecule has 0 aliphatic carbocycles. The van der Waals surface area contributed by atoms with E-state index >= 15 is 0 Å². The third-order valence-corrected chi connectivity index (χ3v) is 3.88. The van der Waals surface area contributed by atoms with Gasteiger partial charge in [-0.05, 0) is 26.0 Å². The molecule has 0 aliphatic rings. The molecule has 17 heavy (non-hydrogen) atoms. The molecular formula is C10H12Cl2F3NS. The Hall–Kier alpha value is 0.0300. The topological polar surface area (TPSA) is 12.0 Å². The fourth-order valence-corrected chi connectivity index (χ4v) is 3.13. The van der Waals surface area contributed by atoms with Gasteiger partial charge in [-0.2, -0.15) is 13.2 Å². The largest absolute Gasteiger partial charge is 0.389 e. The quantitative estimate of drug-likeness (QED) is 0.803. The molecule has 1 N–H and O–H groups in total. The molecule has 1 aromatic heterocycles. The Morgan fingerprint density at radius 3 is 2.47 bits per heavy atom. The SMILES string of the molecule is CNC(CCCC(F)(F)F)c1cc(Cl)sc1Cl. The predicted octanol–water partition coefficient (Wildman–Crippen LogP) is 5.05. The maximum Gasteiger partial charge on any atom is 0.389 e. The van der Waals surface area contributed by atoms with Gasteiger partial charge in [0.25, 0.3) is 0 Å². The summed E-state index contributed by atoms with van der Waals surface area (Å²) in [5, 5.41) is 2.95. The van der Waals surface area contributed by atoms with Gasteiger partial charge in [0.15, 0.2) is 0 Å². The van der Waals surface area contributed by atoms with Crippen molar-refractivity contribution in [1.29, 1.82) is 0 Å². The van der Waals surface area contributed by atoms with Crippen LogP contribution in [0.4, 0.5) is 13.2 Å². The molecule has 1 rings (SSSR count). The van der Waals surface area contributed by atoms with Crippen molar-refractivity contribution in [2.24, 2.45) is 0 Å². The van der Waals surface area contributed by atoms with Crippen LogP contribution in [-0.2, 0) is 0 Å². The van der Waals surface area contributed by atoms with E-state index in [1.54, 1.807) is 13.1 Å². The van der Waals surface area contributed by atoms with Gasteiger partial charge in [-0.3, -0.25) is 0 Å². The van der Waals surface area contributed by atoms with Crippen molar-refractivity contribution >= 4 is 34.5 Å². The van der Waals surface area contributed by atoms with Crippen molar-refractivity contribution in [1.82, 2.24) is 5.32 Å². The Kier molecular flexibility index (Phi) is 5.57. The number of hydrogen-bond donors (Lipinski definition) is 1. The smallest absolute Gasteiger partial charge is 0.313 e. The lowest BCUT2D eigenvalue weighted by Crippen LogP contribution is -2.17. The van der Waals surface area contributed by atoms with Crippen molar-refractivity contribution < 1.29 is 13.2 Å². The Balaban J connectivity index is 2.57. The van der Waals surface area contributed by atoms with Crippen LogP contribution in [0.2, 0.25) is 8.67 Å². The van der Waals surface area contributed by atoms with Gasteiger partial charge < -0.3 is 5.32 Å². The summed E-state index contributed by atoms with van der Waals surface area (Å²) < 4.78 is 37.2. The molecule has 0 bridgehead atoms. The van der Waals surface area contributed by atoms with E-state index in [9.17, 15) is 13.2 Å². The van der Waals surface area contributed by atoms with Crippen LogP contribution in [0.25, 0.3) is 0 Å². The van der Waals surface area contributed by atoms with E-state index in [1.807, 2.05) is 0 Å². The van der Waals surface area contributed by atoms with Crippen LogP contribution >= 0.6 is 34.5 Å². The van der Waals surface area contributed by atoms with Crippen molar-refractivity contribution in [3.8, 4) is 0 Å². The minimum Gasteiger partial charge on any atom is -0.313 e. The molecule has 1 nitrogen and oxygen atoms in total. The number of rotatable bonds is 5. The molecular weight excluding hydrogens is 294 g/mol. The first kappa shape index (κ1) is 15.1.